The number of rotatable bonds is 2. The molecule has 0 aliphatic heterocycles. The number of nitrogens with zero attached hydrogens (tertiary/aromatic N) is 1. The first-order chi connectivity index (χ1) is 8.39. The zero-order valence-corrected chi connectivity index (χ0v) is 11.3. The van der Waals surface area contributed by atoms with E-state index in [2.05, 4.69) is 18.8 Å². The van der Waals surface area contributed by atoms with Crippen molar-refractivity contribution in [2.24, 2.45) is 11.3 Å². The first-order valence-electron chi connectivity index (χ1n) is 6.54. The van der Waals surface area contributed by atoms with Crippen LogP contribution in [0.3, 0.4) is 0 Å². The highest BCUT2D eigenvalue weighted by molar-refractivity contribution is 5.71. The Hall–Kier alpha value is -1.38. The molecule has 2 unspecified atom stereocenters. The lowest BCUT2D eigenvalue weighted by Crippen LogP contribution is -2.33. The molecule has 0 radical (unpaired) electrons. The molecule has 1 N–H and O–H groups in total. The Balaban J connectivity index is 2.30. The second-order valence-corrected chi connectivity index (χ2v) is 6.19. The molecule has 18 heavy (non-hydrogen) atoms. The summed E-state index contributed by atoms with van der Waals surface area (Å²) in [5.74, 6) is -0.835. The van der Waals surface area contributed by atoms with E-state index in [1.807, 2.05) is 25.3 Å². The van der Waals surface area contributed by atoms with E-state index in [0.29, 0.717) is 0 Å². The summed E-state index contributed by atoms with van der Waals surface area (Å²) < 4.78 is 0. The monoisotopic (exact) mass is 247 g/mol. The van der Waals surface area contributed by atoms with Gasteiger partial charge in [0.05, 0.1) is 5.92 Å². The van der Waals surface area contributed by atoms with Crippen LogP contribution in [0.15, 0.2) is 18.3 Å². The number of aryl methyl sites for hydroxylation is 1. The normalized spacial score (nSPS) is 26.8. The standard InChI is InChI=1S/C15H21NO2/c1-10-4-5-11(9-16-10)13-8-15(2,3)7-6-12(13)14(17)18/h4-5,9,12-13H,6-8H2,1-3H3,(H,17,18). The quantitative estimate of drug-likeness (QED) is 0.871. The Kier molecular flexibility index (Phi) is 3.42. The van der Waals surface area contributed by atoms with Gasteiger partial charge in [-0.25, -0.2) is 0 Å². The van der Waals surface area contributed by atoms with Gasteiger partial charge in [0.15, 0.2) is 0 Å². The molecule has 3 heteroatoms. The zero-order valence-electron chi connectivity index (χ0n) is 11.3. The molecule has 1 fully saturated rings. The number of hydrogen-bond donors (Lipinski definition) is 1. The summed E-state index contributed by atoms with van der Waals surface area (Å²) in [7, 11) is 0. The van der Waals surface area contributed by atoms with Crippen LogP contribution in [0.4, 0.5) is 0 Å². The molecule has 2 rings (SSSR count). The maximum Gasteiger partial charge on any atom is 0.307 e. The van der Waals surface area contributed by atoms with Gasteiger partial charge >= 0.3 is 5.97 Å². The van der Waals surface area contributed by atoms with Gasteiger partial charge in [-0.2, -0.15) is 0 Å². The van der Waals surface area contributed by atoms with E-state index < -0.39 is 5.97 Å². The van der Waals surface area contributed by atoms with Crippen LogP contribution in [-0.2, 0) is 4.79 Å². The van der Waals surface area contributed by atoms with Crippen LogP contribution in [0.2, 0.25) is 0 Å². The average Bonchev–Trinajstić information content (AvgIpc) is 2.28. The maximum atomic E-state index is 11.4. The molecule has 1 aliphatic rings. The molecule has 0 spiro atoms. The molecular weight excluding hydrogens is 226 g/mol. The highest BCUT2D eigenvalue weighted by atomic mass is 16.4. The van der Waals surface area contributed by atoms with E-state index in [1.165, 1.54) is 0 Å². The van der Waals surface area contributed by atoms with Gasteiger partial charge in [-0.3, -0.25) is 9.78 Å². The van der Waals surface area contributed by atoms with Crippen molar-refractivity contribution in [3.05, 3.63) is 29.6 Å². The lowest BCUT2D eigenvalue weighted by Gasteiger charge is -2.39. The van der Waals surface area contributed by atoms with E-state index in [9.17, 15) is 9.90 Å². The predicted octanol–water partition coefficient (Wildman–Crippen LogP) is 3.38. The molecule has 1 aromatic rings. The first-order valence-corrected chi connectivity index (χ1v) is 6.54. The number of aliphatic carboxylic acids is 1. The van der Waals surface area contributed by atoms with Gasteiger partial charge in [-0.1, -0.05) is 19.9 Å². The largest absolute Gasteiger partial charge is 0.481 e. The molecule has 0 saturated heterocycles. The molecule has 2 atom stereocenters. The number of carboxylic acid groups (broad SMARTS) is 1. The summed E-state index contributed by atoms with van der Waals surface area (Å²) in [6, 6.07) is 4.00. The third-order valence-electron chi connectivity index (χ3n) is 4.07. The van der Waals surface area contributed by atoms with Crippen LogP contribution < -0.4 is 0 Å². The summed E-state index contributed by atoms with van der Waals surface area (Å²) in [5, 5.41) is 9.37. The highest BCUT2D eigenvalue weighted by Gasteiger charge is 2.39. The SMILES string of the molecule is Cc1ccc(C2CC(C)(C)CCC2C(=O)O)cn1. The average molecular weight is 247 g/mol. The van der Waals surface area contributed by atoms with Crippen LogP contribution in [-0.4, -0.2) is 16.1 Å². The summed E-state index contributed by atoms with van der Waals surface area (Å²) in [4.78, 5) is 15.7. The van der Waals surface area contributed by atoms with Crippen LogP contribution in [0.5, 0.6) is 0 Å². The van der Waals surface area contributed by atoms with Gasteiger partial charge in [0.1, 0.15) is 0 Å². The van der Waals surface area contributed by atoms with Gasteiger partial charge in [0.25, 0.3) is 0 Å². The minimum Gasteiger partial charge on any atom is -0.481 e. The zero-order chi connectivity index (χ0) is 13.3. The van der Waals surface area contributed by atoms with Gasteiger partial charge in [0.2, 0.25) is 0 Å². The van der Waals surface area contributed by atoms with Gasteiger partial charge in [-0.05, 0) is 49.1 Å². The summed E-state index contributed by atoms with van der Waals surface area (Å²) in [6.45, 7) is 6.39. The second kappa shape index (κ2) is 4.71. The molecule has 1 heterocycles. The van der Waals surface area contributed by atoms with E-state index in [4.69, 9.17) is 0 Å². The second-order valence-electron chi connectivity index (χ2n) is 6.19. The van der Waals surface area contributed by atoms with Gasteiger partial charge < -0.3 is 5.11 Å². The molecule has 0 bridgehead atoms. The highest BCUT2D eigenvalue weighted by Crippen LogP contribution is 2.46. The van der Waals surface area contributed by atoms with Crippen molar-refractivity contribution in [1.82, 2.24) is 4.98 Å². The molecule has 0 amide bonds. The Morgan fingerprint density at radius 1 is 1.44 bits per heavy atom. The van der Waals surface area contributed by atoms with Crippen molar-refractivity contribution in [2.75, 3.05) is 0 Å². The van der Waals surface area contributed by atoms with Crippen LogP contribution >= 0.6 is 0 Å². The summed E-state index contributed by atoms with van der Waals surface area (Å²) >= 11 is 0. The first kappa shape index (κ1) is 13.1. The lowest BCUT2D eigenvalue weighted by molar-refractivity contribution is -0.144. The topological polar surface area (TPSA) is 50.2 Å². The molecule has 1 aliphatic carbocycles. The molecule has 3 nitrogen and oxygen atoms in total. The molecule has 0 aromatic carbocycles. The number of hydrogen-bond acceptors (Lipinski definition) is 2. The van der Waals surface area contributed by atoms with E-state index in [1.54, 1.807) is 0 Å². The molecule has 1 aromatic heterocycles. The van der Waals surface area contributed by atoms with Crippen molar-refractivity contribution >= 4 is 5.97 Å². The fraction of sp³-hybridized carbons (Fsp3) is 0.600. The fourth-order valence-corrected chi connectivity index (χ4v) is 2.93. The number of aromatic nitrogens is 1. The number of carboxylic acids is 1. The van der Waals surface area contributed by atoms with E-state index >= 15 is 0 Å². The maximum absolute atomic E-state index is 11.4. The van der Waals surface area contributed by atoms with Crippen molar-refractivity contribution in [3.8, 4) is 0 Å². The van der Waals surface area contributed by atoms with Crippen molar-refractivity contribution in [2.45, 2.75) is 46.0 Å². The Bertz CT molecular complexity index is 436. The van der Waals surface area contributed by atoms with Gasteiger partial charge in [-0.15, -0.1) is 0 Å². The van der Waals surface area contributed by atoms with Gasteiger partial charge in [0, 0.05) is 11.9 Å². The summed E-state index contributed by atoms with van der Waals surface area (Å²) in [6.07, 6.45) is 4.52. The van der Waals surface area contributed by atoms with E-state index in [-0.39, 0.29) is 17.3 Å². The molecule has 1 saturated carbocycles. The fourth-order valence-electron chi connectivity index (χ4n) is 2.93. The summed E-state index contributed by atoms with van der Waals surface area (Å²) in [5.41, 5.74) is 2.27. The third kappa shape index (κ3) is 2.71. The Labute approximate surface area is 108 Å². The predicted molar refractivity (Wildman–Crippen MR) is 70.5 cm³/mol. The van der Waals surface area contributed by atoms with Crippen LogP contribution in [0, 0.1) is 18.3 Å². The lowest BCUT2D eigenvalue weighted by atomic mass is 9.65. The van der Waals surface area contributed by atoms with Crippen LogP contribution in [0.1, 0.15) is 50.3 Å². The van der Waals surface area contributed by atoms with Crippen molar-refractivity contribution < 1.29 is 9.90 Å². The molecular formula is C15H21NO2. The number of pyridine rings is 1. The van der Waals surface area contributed by atoms with Crippen molar-refractivity contribution in [3.63, 3.8) is 0 Å². The minimum atomic E-state index is -0.670. The van der Waals surface area contributed by atoms with E-state index in [0.717, 1.165) is 30.5 Å². The smallest absolute Gasteiger partial charge is 0.307 e. The Morgan fingerprint density at radius 2 is 2.17 bits per heavy atom. The Morgan fingerprint density at radius 3 is 2.72 bits per heavy atom. The van der Waals surface area contributed by atoms with Crippen LogP contribution in [0.25, 0.3) is 0 Å². The van der Waals surface area contributed by atoms with Crippen molar-refractivity contribution in [1.29, 1.82) is 0 Å². The minimum absolute atomic E-state index is 0.0966. The third-order valence-corrected chi connectivity index (χ3v) is 4.07. The molecule has 98 valence electrons. The number of carbonyl (C=O) groups is 1.